The van der Waals surface area contributed by atoms with E-state index in [9.17, 15) is 9.59 Å². The van der Waals surface area contributed by atoms with Gasteiger partial charge in [0.25, 0.3) is 11.5 Å². The highest BCUT2D eigenvalue weighted by Crippen LogP contribution is 2.30. The van der Waals surface area contributed by atoms with E-state index in [0.717, 1.165) is 11.1 Å². The first kappa shape index (κ1) is 26.4. The summed E-state index contributed by atoms with van der Waals surface area (Å²) in [6.45, 7) is 4.56. The Morgan fingerprint density at radius 1 is 0.925 bits per heavy atom. The molecule has 0 fully saturated rings. The fraction of sp³-hybridized carbons (Fsp3) is 0.125. The lowest BCUT2D eigenvalue weighted by Crippen LogP contribution is -2.24. The molecule has 0 atom stereocenters. The van der Waals surface area contributed by atoms with E-state index in [4.69, 9.17) is 4.74 Å². The summed E-state index contributed by atoms with van der Waals surface area (Å²) in [6, 6.07) is 27.6. The first-order chi connectivity index (χ1) is 19.5. The van der Waals surface area contributed by atoms with Crippen molar-refractivity contribution in [2.45, 2.75) is 26.3 Å². The minimum Gasteiger partial charge on any atom is -0.453 e. The Labute approximate surface area is 232 Å². The monoisotopic (exact) mass is 531 g/mol. The summed E-state index contributed by atoms with van der Waals surface area (Å²) in [7, 11) is 0. The first-order valence-corrected chi connectivity index (χ1v) is 13.0. The second-order valence-corrected chi connectivity index (χ2v) is 9.52. The number of hydrogen-bond donors (Lipinski definition) is 2. The molecule has 8 heteroatoms. The summed E-state index contributed by atoms with van der Waals surface area (Å²) in [6.07, 6.45) is 4.91. The van der Waals surface area contributed by atoms with E-state index in [0.29, 0.717) is 35.2 Å². The van der Waals surface area contributed by atoms with Gasteiger partial charge in [0.2, 0.25) is 0 Å². The van der Waals surface area contributed by atoms with Crippen LogP contribution in [0.25, 0.3) is 5.69 Å². The van der Waals surface area contributed by atoms with Gasteiger partial charge in [-0.05, 0) is 65.6 Å². The maximum atomic E-state index is 13.7. The third-order valence-corrected chi connectivity index (χ3v) is 6.27. The normalized spacial score (nSPS) is 10.8. The van der Waals surface area contributed by atoms with Crippen molar-refractivity contribution in [1.82, 2.24) is 20.1 Å². The molecule has 0 saturated carbocycles. The second kappa shape index (κ2) is 12.1. The van der Waals surface area contributed by atoms with Crippen molar-refractivity contribution < 1.29 is 9.53 Å². The van der Waals surface area contributed by atoms with Crippen molar-refractivity contribution in [2.75, 3.05) is 5.32 Å². The van der Waals surface area contributed by atoms with Crippen LogP contribution in [0, 0.1) is 0 Å². The lowest BCUT2D eigenvalue weighted by Gasteiger charge is -2.16. The highest BCUT2D eigenvalue weighted by Gasteiger charge is 2.17. The largest absolute Gasteiger partial charge is 0.453 e. The molecule has 5 aromatic rings. The molecule has 5 rings (SSSR count). The quantitative estimate of drug-likeness (QED) is 0.234. The van der Waals surface area contributed by atoms with Gasteiger partial charge in [0.15, 0.2) is 11.4 Å². The van der Waals surface area contributed by atoms with Crippen molar-refractivity contribution in [1.29, 1.82) is 0 Å². The van der Waals surface area contributed by atoms with Crippen molar-refractivity contribution >= 4 is 17.3 Å². The number of rotatable bonds is 9. The Kier molecular flexibility index (Phi) is 7.97. The molecular formula is C32H29N5O3. The smallest absolute Gasteiger partial charge is 0.299 e. The Hall–Kier alpha value is -5.24. The van der Waals surface area contributed by atoms with Crippen LogP contribution in [-0.2, 0) is 6.54 Å². The fourth-order valence-electron chi connectivity index (χ4n) is 4.12. The third kappa shape index (κ3) is 6.24. The number of nitrogens with one attached hydrogen (secondary N) is 2. The molecule has 2 aromatic heterocycles. The van der Waals surface area contributed by atoms with Crippen LogP contribution < -0.4 is 20.9 Å². The SMILES string of the molecule is CC(C)c1cccc(Oc2cnn(-c3ccccc3)c(=O)c2Nc2cccc(C(=O)NCc3cccnc3)c2)c1. The number of amides is 1. The van der Waals surface area contributed by atoms with E-state index in [2.05, 4.69) is 34.6 Å². The number of pyridine rings is 1. The highest BCUT2D eigenvalue weighted by molar-refractivity contribution is 5.95. The van der Waals surface area contributed by atoms with Gasteiger partial charge >= 0.3 is 0 Å². The minimum absolute atomic E-state index is 0.196. The number of hydrogen-bond acceptors (Lipinski definition) is 6. The molecule has 0 radical (unpaired) electrons. The Morgan fingerprint density at radius 2 is 1.75 bits per heavy atom. The Balaban J connectivity index is 1.46. The van der Waals surface area contributed by atoms with Gasteiger partial charge in [-0.3, -0.25) is 14.6 Å². The molecule has 8 nitrogen and oxygen atoms in total. The molecule has 0 bridgehead atoms. The summed E-state index contributed by atoms with van der Waals surface area (Å²) >= 11 is 0. The van der Waals surface area contributed by atoms with Crippen LogP contribution in [0.3, 0.4) is 0 Å². The second-order valence-electron chi connectivity index (χ2n) is 9.52. The van der Waals surface area contributed by atoms with Gasteiger partial charge in [0.05, 0.1) is 11.9 Å². The summed E-state index contributed by atoms with van der Waals surface area (Å²) in [4.78, 5) is 30.6. The number of benzene rings is 3. The van der Waals surface area contributed by atoms with Gasteiger partial charge in [-0.2, -0.15) is 9.78 Å². The predicted octanol–water partition coefficient (Wildman–Crippen LogP) is 6.22. The van der Waals surface area contributed by atoms with Gasteiger partial charge in [0.1, 0.15) is 5.75 Å². The van der Waals surface area contributed by atoms with Gasteiger partial charge in [-0.1, -0.05) is 56.3 Å². The molecule has 0 aliphatic heterocycles. The average Bonchev–Trinajstić information content (AvgIpc) is 2.99. The summed E-state index contributed by atoms with van der Waals surface area (Å²) in [5, 5.41) is 10.5. The number of nitrogens with zero attached hydrogens (tertiary/aromatic N) is 3. The fourth-order valence-corrected chi connectivity index (χ4v) is 4.12. The lowest BCUT2D eigenvalue weighted by molar-refractivity contribution is 0.0951. The molecule has 0 aliphatic carbocycles. The molecule has 2 heterocycles. The standard InChI is InChI=1S/C32H29N5O3/c1-22(2)24-10-7-15-28(18-24)40-29-21-35-37(27-13-4-3-5-14-27)32(39)30(29)36-26-12-6-11-25(17-26)31(38)34-20-23-9-8-16-33-19-23/h3-19,21-22,36H,20H2,1-2H3,(H,34,38). The zero-order chi connectivity index (χ0) is 27.9. The van der Waals surface area contributed by atoms with Crippen LogP contribution in [-0.4, -0.2) is 20.7 Å². The van der Waals surface area contributed by atoms with Crippen molar-refractivity contribution in [3.8, 4) is 17.2 Å². The number of aromatic nitrogens is 3. The maximum absolute atomic E-state index is 13.7. The zero-order valence-electron chi connectivity index (χ0n) is 22.2. The molecule has 1 amide bonds. The molecular weight excluding hydrogens is 502 g/mol. The van der Waals surface area contributed by atoms with Gasteiger partial charge in [-0.25, -0.2) is 0 Å². The molecule has 3 aromatic carbocycles. The first-order valence-electron chi connectivity index (χ1n) is 13.0. The van der Waals surface area contributed by atoms with E-state index >= 15 is 0 Å². The van der Waals surface area contributed by atoms with Crippen LogP contribution in [0.1, 0.15) is 41.3 Å². The van der Waals surface area contributed by atoms with Crippen molar-refractivity contribution in [2.24, 2.45) is 0 Å². The van der Waals surface area contributed by atoms with E-state index in [1.807, 2.05) is 54.6 Å². The molecule has 40 heavy (non-hydrogen) atoms. The molecule has 0 saturated heterocycles. The number of carbonyl (C=O) groups is 1. The average molecular weight is 532 g/mol. The van der Waals surface area contributed by atoms with E-state index in [-0.39, 0.29) is 17.3 Å². The van der Waals surface area contributed by atoms with Gasteiger partial charge < -0.3 is 15.4 Å². The predicted molar refractivity (Wildman–Crippen MR) is 156 cm³/mol. The Bertz CT molecular complexity index is 1670. The van der Waals surface area contributed by atoms with Crippen LogP contribution in [0.5, 0.6) is 11.5 Å². The molecule has 0 aliphatic rings. The van der Waals surface area contributed by atoms with Gasteiger partial charge in [0, 0.05) is 30.2 Å². The topological polar surface area (TPSA) is 98.1 Å². The number of ether oxygens (including phenoxy) is 1. The number of carbonyl (C=O) groups excluding carboxylic acids is 1. The molecule has 0 spiro atoms. The van der Waals surface area contributed by atoms with Crippen molar-refractivity contribution in [3.63, 3.8) is 0 Å². The minimum atomic E-state index is -0.393. The molecule has 2 N–H and O–H groups in total. The highest BCUT2D eigenvalue weighted by atomic mass is 16.5. The van der Waals surface area contributed by atoms with Crippen LogP contribution >= 0.6 is 0 Å². The molecule has 0 unspecified atom stereocenters. The summed E-state index contributed by atoms with van der Waals surface area (Å²) in [5.74, 6) is 0.934. The number of anilines is 2. The lowest BCUT2D eigenvalue weighted by atomic mass is 10.0. The van der Waals surface area contributed by atoms with Crippen LogP contribution in [0.2, 0.25) is 0 Å². The van der Waals surface area contributed by atoms with E-state index in [1.54, 1.807) is 48.8 Å². The third-order valence-electron chi connectivity index (χ3n) is 6.27. The van der Waals surface area contributed by atoms with Gasteiger partial charge in [-0.15, -0.1) is 0 Å². The summed E-state index contributed by atoms with van der Waals surface area (Å²) in [5.41, 5.74) is 3.43. The van der Waals surface area contributed by atoms with Crippen LogP contribution in [0.15, 0.2) is 114 Å². The Morgan fingerprint density at radius 3 is 2.52 bits per heavy atom. The molecule has 200 valence electrons. The maximum Gasteiger partial charge on any atom is 0.299 e. The van der Waals surface area contributed by atoms with E-state index < -0.39 is 5.56 Å². The van der Waals surface area contributed by atoms with E-state index in [1.165, 1.54) is 10.9 Å². The van der Waals surface area contributed by atoms with Crippen molar-refractivity contribution in [3.05, 3.63) is 137 Å². The van der Waals surface area contributed by atoms with Crippen LogP contribution in [0.4, 0.5) is 11.4 Å². The summed E-state index contributed by atoms with van der Waals surface area (Å²) < 4.78 is 7.50. The zero-order valence-corrected chi connectivity index (χ0v) is 22.2. The number of para-hydroxylation sites is 1.